The number of hydrogen-bond donors (Lipinski definition) is 0. The van der Waals surface area contributed by atoms with Gasteiger partial charge in [-0.25, -0.2) is 4.79 Å². The van der Waals surface area contributed by atoms with Crippen LogP contribution < -0.4 is 9.47 Å². The molecule has 0 heterocycles. The Labute approximate surface area is 219 Å². The lowest BCUT2D eigenvalue weighted by atomic mass is 9.78. The van der Waals surface area contributed by atoms with E-state index in [1.54, 1.807) is 12.1 Å². The third kappa shape index (κ3) is 9.48. The second-order valence-electron chi connectivity index (χ2n) is 10.5. The van der Waals surface area contributed by atoms with Crippen molar-refractivity contribution in [2.45, 2.75) is 97.3 Å². The average molecular weight is 491 g/mol. The van der Waals surface area contributed by atoms with E-state index in [1.165, 1.54) is 69.8 Å². The minimum atomic E-state index is -0.335. The molecular formula is C33H46O3. The van der Waals surface area contributed by atoms with Crippen molar-refractivity contribution < 1.29 is 14.3 Å². The van der Waals surface area contributed by atoms with Gasteiger partial charge in [0.1, 0.15) is 11.5 Å². The highest BCUT2D eigenvalue weighted by Gasteiger charge is 2.21. The van der Waals surface area contributed by atoms with Crippen molar-refractivity contribution in [1.29, 1.82) is 0 Å². The van der Waals surface area contributed by atoms with Crippen LogP contribution in [0, 0.1) is 11.8 Å². The number of hydrogen-bond acceptors (Lipinski definition) is 3. The molecule has 2 aromatic carbocycles. The molecule has 3 rings (SSSR count). The fraction of sp³-hybridized carbons (Fsp3) is 0.545. The Bertz CT molecular complexity index is 905. The van der Waals surface area contributed by atoms with Crippen LogP contribution in [0.3, 0.4) is 0 Å². The number of ether oxygens (including phenoxy) is 2. The van der Waals surface area contributed by atoms with Crippen LogP contribution >= 0.6 is 0 Å². The number of carbonyl (C=O) groups is 1. The maximum absolute atomic E-state index is 12.6. The van der Waals surface area contributed by atoms with Gasteiger partial charge in [0.15, 0.2) is 0 Å². The summed E-state index contributed by atoms with van der Waals surface area (Å²) in [5.41, 5.74) is 1.89. The van der Waals surface area contributed by atoms with Gasteiger partial charge in [-0.15, -0.1) is 0 Å². The molecule has 1 aliphatic rings. The van der Waals surface area contributed by atoms with Crippen molar-refractivity contribution >= 4 is 5.97 Å². The van der Waals surface area contributed by atoms with Crippen LogP contribution in [0.25, 0.3) is 0 Å². The summed E-state index contributed by atoms with van der Waals surface area (Å²) in [6.45, 7) is 7.51. The molecule has 36 heavy (non-hydrogen) atoms. The zero-order chi connectivity index (χ0) is 25.6. The number of rotatable bonds is 14. The molecule has 0 spiro atoms. The molecule has 1 atom stereocenters. The predicted molar refractivity (Wildman–Crippen MR) is 150 cm³/mol. The highest BCUT2D eigenvalue weighted by Crippen LogP contribution is 2.37. The third-order valence-corrected chi connectivity index (χ3v) is 7.59. The highest BCUT2D eigenvalue weighted by molar-refractivity contribution is 5.91. The minimum absolute atomic E-state index is 0.335. The van der Waals surface area contributed by atoms with Crippen LogP contribution in [-0.4, -0.2) is 12.6 Å². The molecule has 196 valence electrons. The van der Waals surface area contributed by atoms with Crippen molar-refractivity contribution in [2.75, 3.05) is 6.61 Å². The molecule has 0 N–H and O–H groups in total. The molecule has 0 aromatic heterocycles. The van der Waals surface area contributed by atoms with Gasteiger partial charge in [-0.3, -0.25) is 0 Å². The van der Waals surface area contributed by atoms with E-state index < -0.39 is 0 Å². The zero-order valence-electron chi connectivity index (χ0n) is 22.7. The summed E-state index contributed by atoms with van der Waals surface area (Å²) in [5, 5.41) is 0. The summed E-state index contributed by atoms with van der Waals surface area (Å²) in [5.74, 6) is 3.23. The Balaban J connectivity index is 1.39. The first-order chi connectivity index (χ1) is 17.6. The third-order valence-electron chi connectivity index (χ3n) is 7.59. The first-order valence-corrected chi connectivity index (χ1v) is 14.3. The molecule has 1 aliphatic carbocycles. The second-order valence-corrected chi connectivity index (χ2v) is 10.5. The maximum atomic E-state index is 12.6. The van der Waals surface area contributed by atoms with Gasteiger partial charge in [0.2, 0.25) is 0 Å². The summed E-state index contributed by atoms with van der Waals surface area (Å²) in [4.78, 5) is 12.6. The van der Waals surface area contributed by atoms with Crippen LogP contribution in [-0.2, 0) is 0 Å². The minimum Gasteiger partial charge on any atom is -0.494 e. The smallest absolute Gasteiger partial charge is 0.343 e. The maximum Gasteiger partial charge on any atom is 0.343 e. The van der Waals surface area contributed by atoms with Gasteiger partial charge in [-0.05, 0) is 98.2 Å². The van der Waals surface area contributed by atoms with Crippen LogP contribution in [0.15, 0.2) is 60.7 Å². The van der Waals surface area contributed by atoms with Crippen LogP contribution in [0.2, 0.25) is 0 Å². The Morgan fingerprint density at radius 2 is 1.61 bits per heavy atom. The molecule has 2 aromatic rings. The molecular weight excluding hydrogens is 444 g/mol. The molecule has 0 aliphatic heterocycles. The molecule has 3 heteroatoms. The van der Waals surface area contributed by atoms with E-state index in [2.05, 4.69) is 45.1 Å². The molecule has 0 unspecified atom stereocenters. The number of allylic oxidation sites excluding steroid dienone is 2. The van der Waals surface area contributed by atoms with Gasteiger partial charge in [0.05, 0.1) is 12.2 Å². The number of unbranched alkanes of at least 4 members (excludes halogenated alkanes) is 3. The Morgan fingerprint density at radius 1 is 0.917 bits per heavy atom. The summed E-state index contributed by atoms with van der Waals surface area (Å²) in [7, 11) is 0. The highest BCUT2D eigenvalue weighted by atomic mass is 16.5. The Kier molecular flexibility index (Phi) is 12.1. The second kappa shape index (κ2) is 15.5. The molecule has 3 nitrogen and oxygen atoms in total. The largest absolute Gasteiger partial charge is 0.494 e. The van der Waals surface area contributed by atoms with Crippen molar-refractivity contribution in [3.8, 4) is 11.5 Å². The van der Waals surface area contributed by atoms with Gasteiger partial charge < -0.3 is 9.47 Å². The van der Waals surface area contributed by atoms with Crippen molar-refractivity contribution in [3.05, 3.63) is 71.8 Å². The van der Waals surface area contributed by atoms with E-state index in [1.807, 2.05) is 24.3 Å². The van der Waals surface area contributed by atoms with Gasteiger partial charge in [0.25, 0.3) is 0 Å². The van der Waals surface area contributed by atoms with Gasteiger partial charge in [-0.1, -0.05) is 77.2 Å². The summed E-state index contributed by atoms with van der Waals surface area (Å²) >= 11 is 0. The van der Waals surface area contributed by atoms with Crippen molar-refractivity contribution in [1.82, 2.24) is 0 Å². The average Bonchev–Trinajstić information content (AvgIpc) is 2.92. The van der Waals surface area contributed by atoms with Gasteiger partial charge >= 0.3 is 5.97 Å². The standard InChI is InChI=1S/C33H46O3/c1-4-6-8-12-27-13-15-28(16-14-27)29-17-23-32(24-18-29)36-33(34)30-19-21-31(22-20-30)35-25-10-7-9-11-26(3)5-2/h8,12,17-24,26-28H,4-7,9-11,13-16,25H2,1-3H3/b12-8+/t26-,27?,28?/m0/s1. The first kappa shape index (κ1) is 28.0. The molecule has 0 saturated heterocycles. The van der Waals surface area contributed by atoms with Crippen molar-refractivity contribution in [2.24, 2.45) is 11.8 Å². The normalized spacial score (nSPS) is 18.8. The van der Waals surface area contributed by atoms with E-state index in [0.29, 0.717) is 23.8 Å². The molecule has 0 radical (unpaired) electrons. The van der Waals surface area contributed by atoms with Crippen LogP contribution in [0.5, 0.6) is 11.5 Å². The van der Waals surface area contributed by atoms with E-state index in [-0.39, 0.29) is 5.97 Å². The SMILES string of the molecule is CCC/C=C/C1CCC(c2ccc(OC(=O)c3ccc(OCCCCC[C@@H](C)CC)cc3)cc2)CC1. The molecule has 0 amide bonds. The van der Waals surface area contributed by atoms with E-state index in [0.717, 1.165) is 24.0 Å². The lowest BCUT2D eigenvalue weighted by Gasteiger charge is -2.27. The van der Waals surface area contributed by atoms with E-state index >= 15 is 0 Å². The lowest BCUT2D eigenvalue weighted by Crippen LogP contribution is -2.12. The Hall–Kier alpha value is -2.55. The van der Waals surface area contributed by atoms with Crippen molar-refractivity contribution in [3.63, 3.8) is 0 Å². The van der Waals surface area contributed by atoms with Gasteiger partial charge in [0, 0.05) is 0 Å². The molecule has 1 saturated carbocycles. The summed E-state index contributed by atoms with van der Waals surface area (Å²) < 4.78 is 11.5. The number of carbonyl (C=O) groups excluding carboxylic acids is 1. The van der Waals surface area contributed by atoms with Crippen LogP contribution in [0.4, 0.5) is 0 Å². The monoisotopic (exact) mass is 490 g/mol. The quantitative estimate of drug-likeness (QED) is 0.114. The first-order valence-electron chi connectivity index (χ1n) is 14.3. The van der Waals surface area contributed by atoms with E-state index in [4.69, 9.17) is 9.47 Å². The molecule has 0 bridgehead atoms. The number of benzene rings is 2. The van der Waals surface area contributed by atoms with E-state index in [9.17, 15) is 4.79 Å². The van der Waals surface area contributed by atoms with Gasteiger partial charge in [-0.2, -0.15) is 0 Å². The fourth-order valence-corrected chi connectivity index (χ4v) is 4.93. The summed E-state index contributed by atoms with van der Waals surface area (Å²) in [6.07, 6.45) is 18.3. The summed E-state index contributed by atoms with van der Waals surface area (Å²) in [6, 6.07) is 15.4. The topological polar surface area (TPSA) is 35.5 Å². The van der Waals surface area contributed by atoms with Crippen LogP contribution in [0.1, 0.15) is 113 Å². The number of esters is 1. The predicted octanol–water partition coefficient (Wildman–Crippen LogP) is 9.52. The fourth-order valence-electron chi connectivity index (χ4n) is 4.93. The molecule has 1 fully saturated rings. The zero-order valence-corrected chi connectivity index (χ0v) is 22.7. The Morgan fingerprint density at radius 3 is 2.28 bits per heavy atom. The lowest BCUT2D eigenvalue weighted by molar-refractivity contribution is 0.0734.